The molecule has 20 heavy (non-hydrogen) atoms. The summed E-state index contributed by atoms with van der Waals surface area (Å²) in [5, 5.41) is 0. The summed E-state index contributed by atoms with van der Waals surface area (Å²) in [6.45, 7) is 9.69. The van der Waals surface area contributed by atoms with Crippen LogP contribution in [0.3, 0.4) is 0 Å². The SMILES string of the molecule is CCN(CC)C(C)(C)C(=O)c1cc(OC)cc(OC)c1. The molecule has 4 heteroatoms. The van der Waals surface area contributed by atoms with E-state index in [0.717, 1.165) is 13.1 Å². The minimum atomic E-state index is -0.555. The summed E-state index contributed by atoms with van der Waals surface area (Å²) in [5.41, 5.74) is 0.0547. The maximum atomic E-state index is 12.8. The number of ketones is 1. The molecule has 0 heterocycles. The van der Waals surface area contributed by atoms with Crippen LogP contribution >= 0.6 is 0 Å². The number of benzene rings is 1. The van der Waals surface area contributed by atoms with Gasteiger partial charge in [-0.05, 0) is 39.1 Å². The van der Waals surface area contributed by atoms with E-state index in [0.29, 0.717) is 17.1 Å². The topological polar surface area (TPSA) is 38.8 Å². The molecular weight excluding hydrogens is 254 g/mol. The van der Waals surface area contributed by atoms with Crippen molar-refractivity contribution in [2.75, 3.05) is 27.3 Å². The van der Waals surface area contributed by atoms with Gasteiger partial charge in [-0.25, -0.2) is 0 Å². The molecule has 0 bridgehead atoms. The zero-order valence-corrected chi connectivity index (χ0v) is 13.3. The third kappa shape index (κ3) is 3.31. The van der Waals surface area contributed by atoms with E-state index in [9.17, 15) is 4.79 Å². The molecule has 4 nitrogen and oxygen atoms in total. The maximum Gasteiger partial charge on any atom is 0.182 e. The van der Waals surface area contributed by atoms with Crippen LogP contribution in [0.15, 0.2) is 18.2 Å². The summed E-state index contributed by atoms with van der Waals surface area (Å²) in [5.74, 6) is 1.32. The first-order valence-corrected chi connectivity index (χ1v) is 6.93. The van der Waals surface area contributed by atoms with Gasteiger partial charge in [-0.15, -0.1) is 0 Å². The minimum absolute atomic E-state index is 0.0680. The van der Waals surface area contributed by atoms with Crippen LogP contribution < -0.4 is 9.47 Å². The van der Waals surface area contributed by atoms with E-state index in [4.69, 9.17) is 9.47 Å². The van der Waals surface area contributed by atoms with Crippen LogP contribution in [0.25, 0.3) is 0 Å². The van der Waals surface area contributed by atoms with Crippen molar-refractivity contribution >= 4 is 5.78 Å². The molecule has 0 aliphatic carbocycles. The summed E-state index contributed by atoms with van der Waals surface area (Å²) in [6, 6.07) is 5.29. The van der Waals surface area contributed by atoms with Crippen molar-refractivity contribution < 1.29 is 14.3 Å². The Kier molecular flexibility index (Phi) is 5.57. The van der Waals surface area contributed by atoms with Gasteiger partial charge in [-0.2, -0.15) is 0 Å². The number of Topliss-reactive ketones (excluding diaryl/α,β-unsaturated/α-hetero) is 1. The highest BCUT2D eigenvalue weighted by atomic mass is 16.5. The van der Waals surface area contributed by atoms with Crippen molar-refractivity contribution in [1.82, 2.24) is 4.90 Å². The first-order valence-electron chi connectivity index (χ1n) is 6.93. The molecule has 0 saturated heterocycles. The molecule has 0 aliphatic heterocycles. The second kappa shape index (κ2) is 6.75. The Morgan fingerprint density at radius 3 is 1.85 bits per heavy atom. The monoisotopic (exact) mass is 279 g/mol. The maximum absolute atomic E-state index is 12.8. The van der Waals surface area contributed by atoms with E-state index in [-0.39, 0.29) is 5.78 Å². The highest BCUT2D eigenvalue weighted by Crippen LogP contribution is 2.27. The van der Waals surface area contributed by atoms with Crippen molar-refractivity contribution in [3.8, 4) is 11.5 Å². The van der Waals surface area contributed by atoms with E-state index in [2.05, 4.69) is 18.7 Å². The van der Waals surface area contributed by atoms with Crippen LogP contribution in [0.5, 0.6) is 11.5 Å². The molecule has 0 unspecified atom stereocenters. The second-order valence-corrected chi connectivity index (χ2v) is 5.16. The minimum Gasteiger partial charge on any atom is -0.497 e. The van der Waals surface area contributed by atoms with E-state index >= 15 is 0 Å². The predicted molar refractivity (Wildman–Crippen MR) is 80.9 cm³/mol. The van der Waals surface area contributed by atoms with Crippen molar-refractivity contribution in [3.63, 3.8) is 0 Å². The lowest BCUT2D eigenvalue weighted by Crippen LogP contribution is -2.49. The number of carbonyl (C=O) groups is 1. The number of ether oxygens (including phenoxy) is 2. The van der Waals surface area contributed by atoms with Crippen LogP contribution in [0.4, 0.5) is 0 Å². The first-order chi connectivity index (χ1) is 9.40. The van der Waals surface area contributed by atoms with Gasteiger partial charge in [0.25, 0.3) is 0 Å². The Hall–Kier alpha value is -1.55. The molecule has 0 amide bonds. The molecule has 0 atom stereocenters. The van der Waals surface area contributed by atoms with Gasteiger partial charge >= 0.3 is 0 Å². The molecule has 0 radical (unpaired) electrons. The zero-order chi connectivity index (χ0) is 15.3. The summed E-state index contributed by atoms with van der Waals surface area (Å²) in [7, 11) is 3.16. The molecule has 0 aromatic heterocycles. The molecular formula is C16H25NO3. The largest absolute Gasteiger partial charge is 0.497 e. The molecule has 0 fully saturated rings. The van der Waals surface area contributed by atoms with Crippen molar-refractivity contribution in [2.45, 2.75) is 33.2 Å². The van der Waals surface area contributed by atoms with Crippen molar-refractivity contribution in [3.05, 3.63) is 23.8 Å². The number of hydrogen-bond donors (Lipinski definition) is 0. The molecule has 0 saturated carbocycles. The van der Waals surface area contributed by atoms with E-state index < -0.39 is 5.54 Å². The lowest BCUT2D eigenvalue weighted by Gasteiger charge is -2.35. The van der Waals surface area contributed by atoms with Gasteiger partial charge in [0.2, 0.25) is 0 Å². The third-order valence-corrected chi connectivity index (χ3v) is 3.72. The Labute approximate surface area is 121 Å². The quantitative estimate of drug-likeness (QED) is 0.719. The smallest absolute Gasteiger partial charge is 0.182 e. The molecule has 1 rings (SSSR count). The van der Waals surface area contributed by atoms with Crippen LogP contribution in [0, 0.1) is 0 Å². The van der Waals surface area contributed by atoms with Gasteiger partial charge in [0.05, 0.1) is 19.8 Å². The lowest BCUT2D eigenvalue weighted by molar-refractivity contribution is 0.0668. The summed E-state index contributed by atoms with van der Waals surface area (Å²) in [6.07, 6.45) is 0. The Balaban J connectivity index is 3.19. The highest BCUT2D eigenvalue weighted by Gasteiger charge is 2.33. The number of carbonyl (C=O) groups excluding carboxylic acids is 1. The van der Waals surface area contributed by atoms with Crippen molar-refractivity contribution in [1.29, 1.82) is 0 Å². The van der Waals surface area contributed by atoms with Gasteiger partial charge in [0.1, 0.15) is 11.5 Å². The number of rotatable bonds is 7. The molecule has 1 aromatic rings. The molecule has 0 aliphatic rings. The highest BCUT2D eigenvalue weighted by molar-refractivity contribution is 6.03. The zero-order valence-electron chi connectivity index (χ0n) is 13.3. The summed E-state index contributed by atoms with van der Waals surface area (Å²) in [4.78, 5) is 14.9. The standard InChI is InChI=1S/C16H25NO3/c1-7-17(8-2)16(3,4)15(18)12-9-13(19-5)11-14(10-12)20-6/h9-11H,7-8H2,1-6H3. The lowest BCUT2D eigenvalue weighted by atomic mass is 9.91. The van der Waals surface area contributed by atoms with Gasteiger partial charge < -0.3 is 9.47 Å². The van der Waals surface area contributed by atoms with E-state index in [1.54, 1.807) is 32.4 Å². The number of hydrogen-bond acceptors (Lipinski definition) is 4. The van der Waals surface area contributed by atoms with Crippen LogP contribution in [0.2, 0.25) is 0 Å². The fraction of sp³-hybridized carbons (Fsp3) is 0.562. The Bertz CT molecular complexity index is 443. The number of likely N-dealkylation sites (N-methyl/N-ethyl adjacent to an activating group) is 1. The van der Waals surface area contributed by atoms with Crippen LogP contribution in [-0.2, 0) is 0 Å². The second-order valence-electron chi connectivity index (χ2n) is 5.16. The van der Waals surface area contributed by atoms with E-state index in [1.807, 2.05) is 13.8 Å². The molecule has 0 N–H and O–H groups in total. The number of nitrogens with zero attached hydrogens (tertiary/aromatic N) is 1. The molecule has 112 valence electrons. The van der Waals surface area contributed by atoms with Crippen LogP contribution in [0.1, 0.15) is 38.1 Å². The average molecular weight is 279 g/mol. The third-order valence-electron chi connectivity index (χ3n) is 3.72. The Morgan fingerprint density at radius 1 is 1.05 bits per heavy atom. The fourth-order valence-corrected chi connectivity index (χ4v) is 2.45. The van der Waals surface area contributed by atoms with Gasteiger partial charge in [-0.1, -0.05) is 13.8 Å². The Morgan fingerprint density at radius 2 is 1.50 bits per heavy atom. The van der Waals surface area contributed by atoms with Crippen LogP contribution in [-0.4, -0.2) is 43.5 Å². The predicted octanol–water partition coefficient (Wildman–Crippen LogP) is 3.01. The van der Waals surface area contributed by atoms with E-state index in [1.165, 1.54) is 0 Å². The average Bonchev–Trinajstić information content (AvgIpc) is 2.46. The number of methoxy groups -OCH3 is 2. The van der Waals surface area contributed by atoms with Gasteiger partial charge in [0, 0.05) is 11.6 Å². The molecule has 0 spiro atoms. The van der Waals surface area contributed by atoms with Crippen molar-refractivity contribution in [2.24, 2.45) is 0 Å². The van der Waals surface area contributed by atoms with Gasteiger partial charge in [0.15, 0.2) is 5.78 Å². The fourth-order valence-electron chi connectivity index (χ4n) is 2.45. The summed E-state index contributed by atoms with van der Waals surface area (Å²) >= 11 is 0. The summed E-state index contributed by atoms with van der Waals surface area (Å²) < 4.78 is 10.5. The normalized spacial score (nSPS) is 11.6. The van der Waals surface area contributed by atoms with Gasteiger partial charge in [-0.3, -0.25) is 9.69 Å². The molecule has 1 aromatic carbocycles. The first kappa shape index (κ1) is 16.5.